The summed E-state index contributed by atoms with van der Waals surface area (Å²) in [6.45, 7) is 8.25. The SMILES string of the molecule is Cc1cc(C)cc(C2(C(=O)NCc3ccc(N4CCOCC4)cc3)CCC2)c1. The fourth-order valence-corrected chi connectivity index (χ4v) is 4.43. The number of carbonyl (C=O) groups excluding carboxylic acids is 1. The van der Waals surface area contributed by atoms with Crippen molar-refractivity contribution >= 4 is 11.6 Å². The molecule has 0 radical (unpaired) electrons. The van der Waals surface area contributed by atoms with Crippen LogP contribution in [-0.4, -0.2) is 32.2 Å². The van der Waals surface area contributed by atoms with Crippen molar-refractivity contribution in [3.05, 3.63) is 64.7 Å². The van der Waals surface area contributed by atoms with Gasteiger partial charge in [-0.05, 0) is 49.9 Å². The van der Waals surface area contributed by atoms with Crippen LogP contribution in [-0.2, 0) is 21.5 Å². The second-order valence-corrected chi connectivity index (χ2v) is 8.26. The molecule has 1 aliphatic heterocycles. The summed E-state index contributed by atoms with van der Waals surface area (Å²) < 4.78 is 5.42. The molecule has 1 N–H and O–H groups in total. The van der Waals surface area contributed by atoms with Gasteiger partial charge in [0.1, 0.15) is 0 Å². The van der Waals surface area contributed by atoms with Crippen LogP contribution < -0.4 is 10.2 Å². The van der Waals surface area contributed by atoms with E-state index < -0.39 is 0 Å². The summed E-state index contributed by atoms with van der Waals surface area (Å²) in [5.74, 6) is 0.168. The smallest absolute Gasteiger partial charge is 0.230 e. The lowest BCUT2D eigenvalue weighted by molar-refractivity contribution is -0.130. The highest BCUT2D eigenvalue weighted by molar-refractivity contribution is 5.89. The normalized spacial score (nSPS) is 18.4. The van der Waals surface area contributed by atoms with Crippen molar-refractivity contribution < 1.29 is 9.53 Å². The second kappa shape index (κ2) is 7.96. The number of benzene rings is 2. The Hall–Kier alpha value is -2.33. The van der Waals surface area contributed by atoms with Gasteiger partial charge in [0.15, 0.2) is 0 Å². The van der Waals surface area contributed by atoms with E-state index in [1.807, 2.05) is 0 Å². The van der Waals surface area contributed by atoms with E-state index in [4.69, 9.17) is 4.74 Å². The molecule has 0 bridgehead atoms. The molecule has 0 unspecified atom stereocenters. The molecule has 1 amide bonds. The number of ether oxygens (including phenoxy) is 1. The first-order chi connectivity index (χ1) is 13.6. The third kappa shape index (κ3) is 3.79. The number of rotatable bonds is 5. The van der Waals surface area contributed by atoms with Crippen molar-refractivity contribution in [2.24, 2.45) is 0 Å². The Kier molecular flexibility index (Phi) is 5.40. The van der Waals surface area contributed by atoms with Gasteiger partial charge in [-0.15, -0.1) is 0 Å². The van der Waals surface area contributed by atoms with Crippen molar-refractivity contribution in [3.8, 4) is 0 Å². The van der Waals surface area contributed by atoms with Crippen molar-refractivity contribution in [2.45, 2.75) is 45.1 Å². The number of hydrogen-bond donors (Lipinski definition) is 1. The maximum Gasteiger partial charge on any atom is 0.230 e. The minimum Gasteiger partial charge on any atom is -0.378 e. The molecule has 0 aromatic heterocycles. The molecule has 0 atom stereocenters. The average Bonchev–Trinajstić information content (AvgIpc) is 2.66. The Morgan fingerprint density at radius 1 is 1.04 bits per heavy atom. The van der Waals surface area contributed by atoms with Gasteiger partial charge in [-0.25, -0.2) is 0 Å². The number of morpholine rings is 1. The highest BCUT2D eigenvalue weighted by atomic mass is 16.5. The molecule has 28 heavy (non-hydrogen) atoms. The molecule has 0 spiro atoms. The molecular formula is C24H30N2O2. The lowest BCUT2D eigenvalue weighted by Crippen LogP contribution is -2.49. The lowest BCUT2D eigenvalue weighted by atomic mass is 9.63. The van der Waals surface area contributed by atoms with E-state index in [-0.39, 0.29) is 11.3 Å². The molecule has 4 heteroatoms. The number of nitrogens with zero attached hydrogens (tertiary/aromatic N) is 1. The standard InChI is InChI=1S/C24H30N2O2/c1-18-14-19(2)16-21(15-18)24(8-3-9-24)23(27)25-17-20-4-6-22(7-5-20)26-10-12-28-13-11-26/h4-7,14-16H,3,8-13,17H2,1-2H3,(H,25,27). The molecule has 2 aromatic rings. The van der Waals surface area contributed by atoms with E-state index in [2.05, 4.69) is 66.5 Å². The molecule has 148 valence electrons. The number of carbonyl (C=O) groups is 1. The molecule has 4 rings (SSSR count). The van der Waals surface area contributed by atoms with Gasteiger partial charge in [-0.3, -0.25) is 4.79 Å². The van der Waals surface area contributed by atoms with Gasteiger partial charge in [0.25, 0.3) is 0 Å². The van der Waals surface area contributed by atoms with Crippen LogP contribution in [0.15, 0.2) is 42.5 Å². The van der Waals surface area contributed by atoms with E-state index in [1.54, 1.807) is 0 Å². The molecular weight excluding hydrogens is 348 g/mol. The Morgan fingerprint density at radius 2 is 1.68 bits per heavy atom. The first-order valence-corrected chi connectivity index (χ1v) is 10.4. The molecule has 1 saturated heterocycles. The van der Waals surface area contributed by atoms with Gasteiger partial charge in [0, 0.05) is 25.3 Å². The van der Waals surface area contributed by atoms with Crippen molar-refractivity contribution in [3.63, 3.8) is 0 Å². The maximum atomic E-state index is 13.1. The second-order valence-electron chi connectivity index (χ2n) is 8.26. The molecule has 2 aliphatic rings. The quantitative estimate of drug-likeness (QED) is 0.859. The zero-order chi connectivity index (χ0) is 19.6. The minimum absolute atomic E-state index is 0.168. The van der Waals surface area contributed by atoms with E-state index >= 15 is 0 Å². The third-order valence-electron chi connectivity index (χ3n) is 6.18. The van der Waals surface area contributed by atoms with E-state index in [0.717, 1.165) is 51.1 Å². The molecule has 1 heterocycles. The Bertz CT molecular complexity index is 814. The van der Waals surface area contributed by atoms with Gasteiger partial charge in [0.2, 0.25) is 5.91 Å². The Morgan fingerprint density at radius 3 is 2.25 bits per heavy atom. The van der Waals surface area contributed by atoms with Gasteiger partial charge in [-0.2, -0.15) is 0 Å². The summed E-state index contributed by atoms with van der Waals surface area (Å²) in [5.41, 5.74) is 5.66. The highest BCUT2D eigenvalue weighted by Crippen LogP contribution is 2.44. The number of anilines is 1. The van der Waals surface area contributed by atoms with Crippen molar-refractivity contribution in [2.75, 3.05) is 31.2 Å². The zero-order valence-electron chi connectivity index (χ0n) is 17.0. The van der Waals surface area contributed by atoms with Crippen LogP contribution in [0.4, 0.5) is 5.69 Å². The monoisotopic (exact) mass is 378 g/mol. The maximum absolute atomic E-state index is 13.1. The third-order valence-corrected chi connectivity index (χ3v) is 6.18. The average molecular weight is 379 g/mol. The zero-order valence-corrected chi connectivity index (χ0v) is 17.0. The summed E-state index contributed by atoms with van der Waals surface area (Å²) in [6, 6.07) is 15.1. The van der Waals surface area contributed by atoms with Crippen molar-refractivity contribution in [1.29, 1.82) is 0 Å². The van der Waals surface area contributed by atoms with Gasteiger partial charge in [-0.1, -0.05) is 47.9 Å². The number of amides is 1. The molecule has 1 aliphatic carbocycles. The highest BCUT2D eigenvalue weighted by Gasteiger charge is 2.45. The predicted octanol–water partition coefficient (Wildman–Crippen LogP) is 3.88. The Labute approximate surface area is 167 Å². The van der Waals surface area contributed by atoms with Crippen LogP contribution in [0.1, 0.15) is 41.5 Å². The van der Waals surface area contributed by atoms with Crippen LogP contribution in [0, 0.1) is 13.8 Å². The van der Waals surface area contributed by atoms with Crippen LogP contribution in [0.25, 0.3) is 0 Å². The lowest BCUT2D eigenvalue weighted by Gasteiger charge is -2.41. The number of hydrogen-bond acceptors (Lipinski definition) is 3. The summed E-state index contributed by atoms with van der Waals surface area (Å²) in [6.07, 6.45) is 3.00. The summed E-state index contributed by atoms with van der Waals surface area (Å²) in [5, 5.41) is 3.21. The fraction of sp³-hybridized carbons (Fsp3) is 0.458. The van der Waals surface area contributed by atoms with E-state index in [0.29, 0.717) is 6.54 Å². The minimum atomic E-state index is -0.343. The first-order valence-electron chi connectivity index (χ1n) is 10.4. The number of nitrogens with one attached hydrogen (secondary N) is 1. The van der Waals surface area contributed by atoms with Crippen LogP contribution in [0.3, 0.4) is 0 Å². The van der Waals surface area contributed by atoms with E-state index in [9.17, 15) is 4.79 Å². The van der Waals surface area contributed by atoms with Crippen LogP contribution in [0.2, 0.25) is 0 Å². The predicted molar refractivity (Wildman–Crippen MR) is 113 cm³/mol. The van der Waals surface area contributed by atoms with E-state index in [1.165, 1.54) is 22.4 Å². The first kappa shape index (κ1) is 19.0. The summed E-state index contributed by atoms with van der Waals surface area (Å²) >= 11 is 0. The molecule has 1 saturated carbocycles. The van der Waals surface area contributed by atoms with Gasteiger partial charge in [0.05, 0.1) is 18.6 Å². The van der Waals surface area contributed by atoms with Crippen LogP contribution in [0.5, 0.6) is 0 Å². The van der Waals surface area contributed by atoms with Gasteiger partial charge < -0.3 is 15.0 Å². The molecule has 2 aromatic carbocycles. The molecule has 4 nitrogen and oxygen atoms in total. The molecule has 2 fully saturated rings. The number of aryl methyl sites for hydroxylation is 2. The Balaban J connectivity index is 1.41. The summed E-state index contributed by atoms with van der Waals surface area (Å²) in [4.78, 5) is 15.5. The largest absolute Gasteiger partial charge is 0.378 e. The van der Waals surface area contributed by atoms with Crippen LogP contribution >= 0.6 is 0 Å². The van der Waals surface area contributed by atoms with Gasteiger partial charge >= 0.3 is 0 Å². The summed E-state index contributed by atoms with van der Waals surface area (Å²) in [7, 11) is 0. The fourth-order valence-electron chi connectivity index (χ4n) is 4.43. The topological polar surface area (TPSA) is 41.6 Å². The van der Waals surface area contributed by atoms with Crippen molar-refractivity contribution in [1.82, 2.24) is 5.32 Å².